The van der Waals surface area contributed by atoms with Crippen LogP contribution in [0.2, 0.25) is 5.02 Å². The molecular weight excluding hydrogens is 370 g/mol. The molecule has 0 atom stereocenters. The minimum atomic E-state index is -0.423. The van der Waals surface area contributed by atoms with Crippen LogP contribution in [-0.2, 0) is 27.4 Å². The summed E-state index contributed by atoms with van der Waals surface area (Å²) in [6.45, 7) is 1.32. The van der Waals surface area contributed by atoms with E-state index in [1.165, 1.54) is 6.92 Å². The van der Waals surface area contributed by atoms with E-state index < -0.39 is 5.97 Å². The summed E-state index contributed by atoms with van der Waals surface area (Å²) in [7, 11) is 0. The zero-order chi connectivity index (χ0) is 19.2. The number of esters is 1. The van der Waals surface area contributed by atoms with Crippen LogP contribution in [0.1, 0.15) is 18.4 Å². The van der Waals surface area contributed by atoms with Gasteiger partial charge in [0.05, 0.1) is 6.42 Å². The van der Waals surface area contributed by atoms with Crippen molar-refractivity contribution in [1.82, 2.24) is 10.1 Å². The molecule has 27 heavy (non-hydrogen) atoms. The maximum absolute atomic E-state index is 12.0. The first-order valence-corrected chi connectivity index (χ1v) is 8.48. The Morgan fingerprint density at radius 1 is 1.11 bits per heavy atom. The highest BCUT2D eigenvalue weighted by atomic mass is 35.5. The largest absolute Gasteiger partial charge is 0.455 e. The van der Waals surface area contributed by atoms with E-state index >= 15 is 0 Å². The van der Waals surface area contributed by atoms with Gasteiger partial charge < -0.3 is 14.6 Å². The molecule has 8 heteroatoms. The number of ether oxygens (including phenoxy) is 1. The first kappa shape index (κ1) is 18.6. The molecule has 0 fully saturated rings. The number of carbonyl (C=O) groups is 2. The summed E-state index contributed by atoms with van der Waals surface area (Å²) in [4.78, 5) is 27.1. The predicted octanol–water partition coefficient (Wildman–Crippen LogP) is 3.63. The Morgan fingerprint density at radius 3 is 2.48 bits per heavy atom. The molecule has 138 valence electrons. The highest BCUT2D eigenvalue weighted by Gasteiger charge is 2.12. The molecule has 0 radical (unpaired) electrons. The van der Waals surface area contributed by atoms with E-state index in [9.17, 15) is 9.59 Å². The second-order valence-electron chi connectivity index (χ2n) is 5.73. The van der Waals surface area contributed by atoms with Gasteiger partial charge in [-0.25, -0.2) is 0 Å². The van der Waals surface area contributed by atoms with Gasteiger partial charge in [-0.2, -0.15) is 4.98 Å². The summed E-state index contributed by atoms with van der Waals surface area (Å²) in [6.07, 6.45) is 0.0958. The van der Waals surface area contributed by atoms with Crippen molar-refractivity contribution in [3.8, 4) is 11.4 Å². The smallest absolute Gasteiger partial charge is 0.310 e. The van der Waals surface area contributed by atoms with Crippen molar-refractivity contribution < 1.29 is 18.8 Å². The third-order valence-corrected chi connectivity index (χ3v) is 3.80. The maximum atomic E-state index is 12.0. The van der Waals surface area contributed by atoms with Gasteiger partial charge in [0.25, 0.3) is 5.89 Å². The minimum Gasteiger partial charge on any atom is -0.455 e. The van der Waals surface area contributed by atoms with Gasteiger partial charge in [-0.1, -0.05) is 28.9 Å². The number of rotatable bonds is 6. The number of halogens is 1. The molecule has 0 aliphatic rings. The summed E-state index contributed by atoms with van der Waals surface area (Å²) in [5, 5.41) is 7.13. The lowest BCUT2D eigenvalue weighted by molar-refractivity contribution is -0.144. The van der Waals surface area contributed by atoms with Crippen LogP contribution in [0.5, 0.6) is 0 Å². The Kier molecular flexibility index (Phi) is 5.83. The number of hydrogen-bond acceptors (Lipinski definition) is 6. The number of aromatic nitrogens is 2. The van der Waals surface area contributed by atoms with Gasteiger partial charge in [-0.3, -0.25) is 9.59 Å². The topological polar surface area (TPSA) is 94.3 Å². The predicted molar refractivity (Wildman–Crippen MR) is 99.0 cm³/mol. The van der Waals surface area contributed by atoms with Crippen LogP contribution in [0, 0.1) is 0 Å². The first-order chi connectivity index (χ1) is 13.0. The molecule has 0 spiro atoms. The van der Waals surface area contributed by atoms with Gasteiger partial charge in [0.2, 0.25) is 11.7 Å². The molecule has 1 heterocycles. The van der Waals surface area contributed by atoms with Gasteiger partial charge in [-0.05, 0) is 42.0 Å². The van der Waals surface area contributed by atoms with E-state index in [4.69, 9.17) is 20.9 Å². The van der Waals surface area contributed by atoms with Crippen LogP contribution < -0.4 is 5.32 Å². The van der Waals surface area contributed by atoms with Crippen LogP contribution in [0.15, 0.2) is 53.1 Å². The van der Waals surface area contributed by atoms with E-state index in [1.54, 1.807) is 48.5 Å². The van der Waals surface area contributed by atoms with Crippen molar-refractivity contribution in [3.05, 3.63) is 65.0 Å². The molecule has 0 unspecified atom stereocenters. The molecule has 1 amide bonds. The average molecular weight is 386 g/mol. The maximum Gasteiger partial charge on any atom is 0.310 e. The van der Waals surface area contributed by atoms with Gasteiger partial charge in [0, 0.05) is 23.2 Å². The van der Waals surface area contributed by atoms with E-state index in [0.29, 0.717) is 16.5 Å². The Bertz CT molecular complexity index is 936. The first-order valence-electron chi connectivity index (χ1n) is 8.10. The Balaban J connectivity index is 1.52. The molecule has 3 rings (SSSR count). The SMILES string of the molecule is CC(=O)Nc1ccc(CC(=O)OCc2nc(-c3ccc(Cl)cc3)no2)cc1. The Morgan fingerprint density at radius 2 is 1.81 bits per heavy atom. The van der Waals surface area contributed by atoms with Gasteiger partial charge in [-0.15, -0.1) is 0 Å². The normalized spacial score (nSPS) is 10.4. The van der Waals surface area contributed by atoms with Gasteiger partial charge in [0.15, 0.2) is 6.61 Å². The Hall–Kier alpha value is -3.19. The summed E-state index contributed by atoms with van der Waals surface area (Å²) in [5.41, 5.74) is 2.18. The summed E-state index contributed by atoms with van der Waals surface area (Å²) in [5.74, 6) is 0.0220. The van der Waals surface area contributed by atoms with E-state index in [0.717, 1.165) is 11.1 Å². The number of benzene rings is 2. The zero-order valence-corrected chi connectivity index (χ0v) is 15.2. The molecule has 0 saturated carbocycles. The highest BCUT2D eigenvalue weighted by molar-refractivity contribution is 6.30. The van der Waals surface area contributed by atoms with Crippen molar-refractivity contribution in [3.63, 3.8) is 0 Å². The number of anilines is 1. The molecule has 3 aromatic rings. The molecule has 0 aliphatic carbocycles. The number of carbonyl (C=O) groups excluding carboxylic acids is 2. The fourth-order valence-electron chi connectivity index (χ4n) is 2.30. The molecule has 0 saturated heterocycles. The third-order valence-electron chi connectivity index (χ3n) is 3.55. The zero-order valence-electron chi connectivity index (χ0n) is 14.4. The van der Waals surface area contributed by atoms with E-state index in [-0.39, 0.29) is 24.8 Å². The fraction of sp³-hybridized carbons (Fsp3) is 0.158. The standard InChI is InChI=1S/C19H16ClN3O4/c1-12(24)21-16-8-2-13(3-9-16)10-18(25)26-11-17-22-19(23-27-17)14-4-6-15(20)7-5-14/h2-9H,10-11H2,1H3,(H,21,24). The van der Waals surface area contributed by atoms with Crippen molar-refractivity contribution in [1.29, 1.82) is 0 Å². The van der Waals surface area contributed by atoms with E-state index in [1.807, 2.05) is 0 Å². The van der Waals surface area contributed by atoms with Crippen LogP contribution in [0.25, 0.3) is 11.4 Å². The average Bonchev–Trinajstić information content (AvgIpc) is 3.11. The van der Waals surface area contributed by atoms with Crippen LogP contribution in [0.4, 0.5) is 5.69 Å². The molecule has 7 nitrogen and oxygen atoms in total. The monoisotopic (exact) mass is 385 g/mol. The molecule has 1 aromatic heterocycles. The van der Waals surface area contributed by atoms with Gasteiger partial charge in [0.1, 0.15) is 0 Å². The van der Waals surface area contributed by atoms with Crippen molar-refractivity contribution in [2.75, 3.05) is 5.32 Å². The van der Waals surface area contributed by atoms with Crippen molar-refractivity contribution in [2.24, 2.45) is 0 Å². The molecule has 1 N–H and O–H groups in total. The second kappa shape index (κ2) is 8.46. The summed E-state index contributed by atoms with van der Waals surface area (Å²) >= 11 is 5.85. The fourth-order valence-corrected chi connectivity index (χ4v) is 2.42. The van der Waals surface area contributed by atoms with Crippen LogP contribution in [-0.4, -0.2) is 22.0 Å². The minimum absolute atomic E-state index is 0.0958. The lowest BCUT2D eigenvalue weighted by Gasteiger charge is -2.05. The number of nitrogens with zero attached hydrogens (tertiary/aromatic N) is 2. The molecule has 2 aromatic carbocycles. The van der Waals surface area contributed by atoms with Crippen LogP contribution >= 0.6 is 11.6 Å². The Labute approximate surface area is 160 Å². The van der Waals surface area contributed by atoms with Crippen LogP contribution in [0.3, 0.4) is 0 Å². The van der Waals surface area contributed by atoms with Crippen molar-refractivity contribution >= 4 is 29.2 Å². The van der Waals surface area contributed by atoms with Crippen molar-refractivity contribution in [2.45, 2.75) is 20.0 Å². The lowest BCUT2D eigenvalue weighted by atomic mass is 10.1. The summed E-state index contributed by atoms with van der Waals surface area (Å²) < 4.78 is 10.3. The summed E-state index contributed by atoms with van der Waals surface area (Å²) in [6, 6.07) is 13.9. The lowest BCUT2D eigenvalue weighted by Crippen LogP contribution is -2.09. The molecule has 0 bridgehead atoms. The third kappa shape index (κ3) is 5.39. The highest BCUT2D eigenvalue weighted by Crippen LogP contribution is 2.19. The van der Waals surface area contributed by atoms with Gasteiger partial charge >= 0.3 is 5.97 Å². The van der Waals surface area contributed by atoms with E-state index in [2.05, 4.69) is 15.5 Å². The molecular formula is C19H16ClN3O4. The molecule has 0 aliphatic heterocycles. The second-order valence-corrected chi connectivity index (χ2v) is 6.17. The quantitative estimate of drug-likeness (QED) is 0.651. The number of nitrogens with one attached hydrogen (secondary N) is 1. The number of amides is 1. The number of hydrogen-bond donors (Lipinski definition) is 1.